The van der Waals surface area contributed by atoms with Gasteiger partial charge in [0.2, 0.25) is 11.6 Å². The van der Waals surface area contributed by atoms with Gasteiger partial charge in [0, 0.05) is 16.7 Å². The minimum Gasteiger partial charge on any atom is -0.505 e. The van der Waals surface area contributed by atoms with Crippen molar-refractivity contribution in [1.82, 2.24) is 0 Å². The molecule has 34 heavy (non-hydrogen) atoms. The lowest BCUT2D eigenvalue weighted by atomic mass is 9.83. The van der Waals surface area contributed by atoms with Gasteiger partial charge >= 0.3 is 0 Å². The summed E-state index contributed by atoms with van der Waals surface area (Å²) in [4.78, 5) is 0. The zero-order valence-corrected chi connectivity index (χ0v) is 17.8. The van der Waals surface area contributed by atoms with Crippen LogP contribution >= 0.6 is 0 Å². The van der Waals surface area contributed by atoms with Crippen molar-refractivity contribution in [2.45, 2.75) is 32.1 Å². The Kier molecular flexibility index (Phi) is 6.59. The molecule has 1 unspecified atom stereocenters. The summed E-state index contributed by atoms with van der Waals surface area (Å²) in [5.74, 6) is -9.43. The van der Waals surface area contributed by atoms with Crippen LogP contribution in [0.4, 0.5) is 26.3 Å². The molecule has 1 aliphatic carbocycles. The van der Waals surface area contributed by atoms with Crippen molar-refractivity contribution in [3.8, 4) is 22.6 Å². The SMILES string of the molecule is Oc1ccc(CCC2CC=C(c3ccc(-c4ccc(O)c(F)c4F)c(F)c3F)CC2)c(F)c1F. The van der Waals surface area contributed by atoms with Crippen LogP contribution in [0.5, 0.6) is 11.5 Å². The second-order valence-corrected chi connectivity index (χ2v) is 8.33. The zero-order valence-electron chi connectivity index (χ0n) is 17.8. The molecule has 0 heterocycles. The summed E-state index contributed by atoms with van der Waals surface area (Å²) < 4.78 is 84.8. The summed E-state index contributed by atoms with van der Waals surface area (Å²) in [5, 5.41) is 18.4. The highest BCUT2D eigenvalue weighted by atomic mass is 19.2. The molecule has 3 aromatic carbocycles. The van der Waals surface area contributed by atoms with E-state index in [1.54, 1.807) is 6.08 Å². The first-order valence-electron chi connectivity index (χ1n) is 10.7. The average Bonchev–Trinajstić information content (AvgIpc) is 2.83. The van der Waals surface area contributed by atoms with Crippen LogP contribution in [0.1, 0.15) is 36.8 Å². The monoisotopic (exact) mass is 478 g/mol. The summed E-state index contributed by atoms with van der Waals surface area (Å²) >= 11 is 0. The Morgan fingerprint density at radius 2 is 1.18 bits per heavy atom. The van der Waals surface area contributed by atoms with Crippen molar-refractivity contribution in [3.63, 3.8) is 0 Å². The number of rotatable bonds is 5. The second kappa shape index (κ2) is 9.44. The molecular formula is C26H20F6O2. The molecule has 1 atom stereocenters. The molecule has 8 heteroatoms. The van der Waals surface area contributed by atoms with Crippen LogP contribution in [-0.4, -0.2) is 10.2 Å². The number of halogens is 6. The molecule has 4 rings (SSSR count). The molecule has 0 fully saturated rings. The normalized spacial score (nSPS) is 15.9. The molecule has 0 aliphatic heterocycles. The van der Waals surface area contributed by atoms with Crippen molar-refractivity contribution in [1.29, 1.82) is 0 Å². The van der Waals surface area contributed by atoms with Crippen LogP contribution in [-0.2, 0) is 6.42 Å². The van der Waals surface area contributed by atoms with Crippen molar-refractivity contribution in [2.75, 3.05) is 0 Å². The Morgan fingerprint density at radius 1 is 0.647 bits per heavy atom. The topological polar surface area (TPSA) is 40.5 Å². The van der Waals surface area contributed by atoms with E-state index >= 15 is 0 Å². The molecule has 0 saturated carbocycles. The van der Waals surface area contributed by atoms with E-state index in [9.17, 15) is 36.6 Å². The van der Waals surface area contributed by atoms with E-state index in [1.165, 1.54) is 12.1 Å². The van der Waals surface area contributed by atoms with Crippen LogP contribution in [0.2, 0.25) is 0 Å². The van der Waals surface area contributed by atoms with Crippen LogP contribution < -0.4 is 0 Å². The van der Waals surface area contributed by atoms with Crippen molar-refractivity contribution < 1.29 is 36.6 Å². The highest BCUT2D eigenvalue weighted by Gasteiger charge is 2.24. The Morgan fingerprint density at radius 3 is 1.82 bits per heavy atom. The van der Waals surface area contributed by atoms with Crippen LogP contribution in [0, 0.1) is 40.8 Å². The summed E-state index contributed by atoms with van der Waals surface area (Å²) in [5.41, 5.74) is -0.222. The van der Waals surface area contributed by atoms with Crippen molar-refractivity contribution >= 4 is 5.57 Å². The minimum absolute atomic E-state index is 0.0195. The molecule has 1 aliphatic rings. The number of phenols is 2. The predicted molar refractivity (Wildman–Crippen MR) is 115 cm³/mol. The maximum absolute atomic E-state index is 14.8. The van der Waals surface area contributed by atoms with E-state index in [4.69, 9.17) is 0 Å². The third-order valence-electron chi connectivity index (χ3n) is 6.26. The lowest BCUT2D eigenvalue weighted by Gasteiger charge is -2.23. The summed E-state index contributed by atoms with van der Waals surface area (Å²) in [6.45, 7) is 0. The second-order valence-electron chi connectivity index (χ2n) is 8.33. The fourth-order valence-electron chi connectivity index (χ4n) is 4.28. The quantitative estimate of drug-likeness (QED) is 0.375. The zero-order chi connectivity index (χ0) is 24.6. The number of hydrogen-bond acceptors (Lipinski definition) is 2. The van der Waals surface area contributed by atoms with Gasteiger partial charge in [0.05, 0.1) is 0 Å². The number of hydrogen-bond donors (Lipinski definition) is 2. The summed E-state index contributed by atoms with van der Waals surface area (Å²) in [7, 11) is 0. The van der Waals surface area contributed by atoms with E-state index < -0.39 is 57.5 Å². The van der Waals surface area contributed by atoms with E-state index in [0.717, 1.165) is 24.3 Å². The molecule has 0 amide bonds. The molecule has 0 saturated heterocycles. The van der Waals surface area contributed by atoms with Gasteiger partial charge in [-0.1, -0.05) is 24.3 Å². The van der Waals surface area contributed by atoms with Gasteiger partial charge in [-0.15, -0.1) is 0 Å². The Balaban J connectivity index is 1.49. The smallest absolute Gasteiger partial charge is 0.200 e. The molecule has 0 radical (unpaired) electrons. The first-order valence-corrected chi connectivity index (χ1v) is 10.7. The van der Waals surface area contributed by atoms with Gasteiger partial charge in [-0.3, -0.25) is 0 Å². The molecule has 2 N–H and O–H groups in total. The lowest BCUT2D eigenvalue weighted by molar-refractivity contribution is 0.399. The molecular weight excluding hydrogens is 458 g/mol. The van der Waals surface area contributed by atoms with Gasteiger partial charge in [-0.2, -0.15) is 8.78 Å². The maximum atomic E-state index is 14.8. The van der Waals surface area contributed by atoms with E-state index in [0.29, 0.717) is 31.3 Å². The molecule has 3 aromatic rings. The molecule has 0 bridgehead atoms. The molecule has 2 nitrogen and oxygen atoms in total. The van der Waals surface area contributed by atoms with Gasteiger partial charge in [0.15, 0.2) is 34.8 Å². The Labute approximate surface area is 191 Å². The van der Waals surface area contributed by atoms with Crippen LogP contribution in [0.15, 0.2) is 42.5 Å². The van der Waals surface area contributed by atoms with Crippen molar-refractivity contribution in [3.05, 3.63) is 88.5 Å². The highest BCUT2D eigenvalue weighted by Crippen LogP contribution is 2.38. The molecule has 0 spiro atoms. The highest BCUT2D eigenvalue weighted by molar-refractivity contribution is 5.72. The predicted octanol–water partition coefficient (Wildman–Crippen LogP) is 7.42. The third kappa shape index (κ3) is 4.36. The standard InChI is InChI=1S/C26H20F6O2/c27-21-15(7-11-19(33)25(21)31)6-3-13-1-4-14(5-2-13)16-8-9-17(23(29)22(16)28)18-10-12-20(34)26(32)24(18)30/h4,7-13,33-34H,1-3,5-6H2. The van der Waals surface area contributed by atoms with E-state index in [1.807, 2.05) is 0 Å². The third-order valence-corrected chi connectivity index (χ3v) is 6.26. The fraction of sp³-hybridized carbons (Fsp3) is 0.231. The fourth-order valence-corrected chi connectivity index (χ4v) is 4.28. The Hall–Kier alpha value is -3.42. The summed E-state index contributed by atoms with van der Waals surface area (Å²) in [6, 6.07) is 6.74. The van der Waals surface area contributed by atoms with Gasteiger partial charge in [-0.25, -0.2) is 17.6 Å². The molecule has 0 aromatic heterocycles. The average molecular weight is 478 g/mol. The van der Waals surface area contributed by atoms with Gasteiger partial charge in [0.1, 0.15) is 0 Å². The minimum atomic E-state index is -1.54. The number of aromatic hydroxyl groups is 2. The largest absolute Gasteiger partial charge is 0.505 e. The van der Waals surface area contributed by atoms with Crippen LogP contribution in [0.3, 0.4) is 0 Å². The first kappa shape index (κ1) is 23.7. The lowest BCUT2D eigenvalue weighted by Crippen LogP contribution is -2.09. The van der Waals surface area contributed by atoms with E-state index in [2.05, 4.69) is 0 Å². The van der Waals surface area contributed by atoms with E-state index in [-0.39, 0.29) is 23.5 Å². The molecule has 178 valence electrons. The maximum Gasteiger partial charge on any atom is 0.200 e. The number of benzene rings is 3. The Bertz CT molecular complexity index is 1290. The van der Waals surface area contributed by atoms with Gasteiger partial charge in [-0.05, 0) is 67.4 Å². The summed E-state index contributed by atoms with van der Waals surface area (Å²) in [6.07, 6.45) is 4.15. The number of allylic oxidation sites excluding steroid dienone is 2. The number of aryl methyl sites for hydroxylation is 1. The van der Waals surface area contributed by atoms with Gasteiger partial charge < -0.3 is 10.2 Å². The van der Waals surface area contributed by atoms with Gasteiger partial charge in [0.25, 0.3) is 0 Å². The van der Waals surface area contributed by atoms with Crippen molar-refractivity contribution in [2.24, 2.45) is 5.92 Å². The number of phenolic OH excluding ortho intramolecular Hbond substituents is 2. The first-order chi connectivity index (χ1) is 16.2. The van der Waals surface area contributed by atoms with Crippen LogP contribution in [0.25, 0.3) is 16.7 Å².